The summed E-state index contributed by atoms with van der Waals surface area (Å²) in [5.74, 6) is 0.767. The number of nitrogens with one attached hydrogen (secondary N) is 2. The molecule has 88 valence electrons. The third-order valence-corrected chi connectivity index (χ3v) is 2.40. The average molecular weight is 214 g/mol. The lowest BCUT2D eigenvalue weighted by atomic mass is 10.1. The molecule has 0 aliphatic carbocycles. The van der Waals surface area contributed by atoms with Crippen molar-refractivity contribution >= 4 is 5.91 Å². The van der Waals surface area contributed by atoms with E-state index < -0.39 is 0 Å². The summed E-state index contributed by atoms with van der Waals surface area (Å²) >= 11 is 0. The lowest BCUT2D eigenvalue weighted by molar-refractivity contribution is -0.122. The number of ether oxygens (including phenoxy) is 1. The van der Waals surface area contributed by atoms with Crippen molar-refractivity contribution in [2.75, 3.05) is 26.3 Å². The van der Waals surface area contributed by atoms with Crippen LogP contribution in [0.25, 0.3) is 0 Å². The minimum Gasteiger partial charge on any atom is -0.380 e. The summed E-state index contributed by atoms with van der Waals surface area (Å²) < 4.78 is 5.46. The molecule has 0 aromatic carbocycles. The fourth-order valence-electron chi connectivity index (χ4n) is 1.56. The summed E-state index contributed by atoms with van der Waals surface area (Å²) in [6, 6.07) is 0.422. The van der Waals surface area contributed by atoms with Crippen LogP contribution in [0.1, 0.15) is 26.7 Å². The second kappa shape index (κ2) is 6.80. The van der Waals surface area contributed by atoms with Crippen molar-refractivity contribution in [3.63, 3.8) is 0 Å². The van der Waals surface area contributed by atoms with Gasteiger partial charge in [-0.3, -0.25) is 4.79 Å². The fraction of sp³-hybridized carbons (Fsp3) is 0.909. The molecule has 4 nitrogen and oxygen atoms in total. The van der Waals surface area contributed by atoms with Crippen molar-refractivity contribution in [2.45, 2.75) is 32.7 Å². The van der Waals surface area contributed by atoms with Gasteiger partial charge in [-0.15, -0.1) is 0 Å². The van der Waals surface area contributed by atoms with Gasteiger partial charge in [0.1, 0.15) is 0 Å². The molecule has 1 aliphatic rings. The molecule has 1 unspecified atom stereocenters. The largest absolute Gasteiger partial charge is 0.380 e. The summed E-state index contributed by atoms with van der Waals surface area (Å²) in [6.45, 7) is 7.48. The van der Waals surface area contributed by atoms with E-state index in [9.17, 15) is 4.79 Å². The van der Waals surface area contributed by atoms with Crippen LogP contribution in [0.15, 0.2) is 0 Å². The number of carbonyl (C=O) groups excluding carboxylic acids is 1. The van der Waals surface area contributed by atoms with E-state index in [0.29, 0.717) is 18.4 Å². The van der Waals surface area contributed by atoms with E-state index in [1.54, 1.807) is 0 Å². The van der Waals surface area contributed by atoms with Crippen LogP contribution < -0.4 is 10.6 Å². The zero-order valence-electron chi connectivity index (χ0n) is 9.71. The quantitative estimate of drug-likeness (QED) is 0.634. The third kappa shape index (κ3) is 5.74. The Morgan fingerprint density at radius 1 is 1.60 bits per heavy atom. The van der Waals surface area contributed by atoms with Gasteiger partial charge in [-0.05, 0) is 12.3 Å². The van der Waals surface area contributed by atoms with E-state index in [1.807, 2.05) is 0 Å². The molecule has 2 N–H and O–H groups in total. The summed E-state index contributed by atoms with van der Waals surface area (Å²) in [6.07, 6.45) is 1.58. The lowest BCUT2D eigenvalue weighted by Gasteiger charge is -2.23. The number of carbonyl (C=O) groups is 1. The molecule has 0 radical (unpaired) electrons. The fourth-order valence-corrected chi connectivity index (χ4v) is 1.56. The Hall–Kier alpha value is -0.610. The molecule has 0 aromatic rings. The second-order valence-corrected chi connectivity index (χ2v) is 4.46. The second-order valence-electron chi connectivity index (χ2n) is 4.46. The normalized spacial score (nSPS) is 21.8. The van der Waals surface area contributed by atoms with Gasteiger partial charge in [0.25, 0.3) is 0 Å². The average Bonchev–Trinajstić information content (AvgIpc) is 2.20. The van der Waals surface area contributed by atoms with Crippen LogP contribution in [-0.2, 0) is 9.53 Å². The molecular weight excluding hydrogens is 192 g/mol. The molecular formula is C11H22N2O2. The molecule has 4 heteroatoms. The first-order valence-electron chi connectivity index (χ1n) is 5.76. The van der Waals surface area contributed by atoms with Gasteiger partial charge < -0.3 is 15.4 Å². The van der Waals surface area contributed by atoms with Gasteiger partial charge in [0.2, 0.25) is 5.91 Å². The molecule has 0 spiro atoms. The number of hydrogen-bond acceptors (Lipinski definition) is 3. The van der Waals surface area contributed by atoms with Crippen molar-refractivity contribution in [1.29, 1.82) is 0 Å². The highest BCUT2D eigenvalue weighted by atomic mass is 16.5. The number of hydrogen-bond donors (Lipinski definition) is 2. The van der Waals surface area contributed by atoms with Gasteiger partial charge >= 0.3 is 0 Å². The minimum absolute atomic E-state index is 0.170. The van der Waals surface area contributed by atoms with Crippen molar-refractivity contribution in [3.8, 4) is 0 Å². The Bertz CT molecular complexity index is 185. The number of piperidine rings is 1. The van der Waals surface area contributed by atoms with Crippen LogP contribution in [0.5, 0.6) is 0 Å². The van der Waals surface area contributed by atoms with Crippen LogP contribution in [0.2, 0.25) is 0 Å². The number of amides is 1. The standard InChI is InChI=1S/C11H22N2O2/c1-9(2)8-15-6-5-12-10-3-4-11(14)13-7-10/h9-10,12H,3-8H2,1-2H3,(H,13,14). The maximum Gasteiger partial charge on any atom is 0.220 e. The number of rotatable bonds is 6. The highest BCUT2D eigenvalue weighted by Crippen LogP contribution is 2.01. The molecule has 15 heavy (non-hydrogen) atoms. The molecule has 1 amide bonds. The van der Waals surface area contributed by atoms with E-state index >= 15 is 0 Å². The highest BCUT2D eigenvalue weighted by molar-refractivity contribution is 5.76. The molecule has 0 saturated carbocycles. The lowest BCUT2D eigenvalue weighted by Crippen LogP contribution is -2.46. The smallest absolute Gasteiger partial charge is 0.220 e. The Morgan fingerprint density at radius 2 is 2.40 bits per heavy atom. The van der Waals surface area contributed by atoms with Crippen molar-refractivity contribution < 1.29 is 9.53 Å². The van der Waals surface area contributed by atoms with E-state index in [-0.39, 0.29) is 5.91 Å². The van der Waals surface area contributed by atoms with Crippen LogP contribution in [-0.4, -0.2) is 38.3 Å². The molecule has 0 aromatic heterocycles. The molecule has 1 heterocycles. The topological polar surface area (TPSA) is 50.4 Å². The maximum atomic E-state index is 10.9. The highest BCUT2D eigenvalue weighted by Gasteiger charge is 2.16. The van der Waals surface area contributed by atoms with Crippen LogP contribution in [0.3, 0.4) is 0 Å². The first-order valence-corrected chi connectivity index (χ1v) is 5.76. The van der Waals surface area contributed by atoms with Crippen molar-refractivity contribution in [1.82, 2.24) is 10.6 Å². The van der Waals surface area contributed by atoms with E-state index in [2.05, 4.69) is 24.5 Å². The molecule has 0 bridgehead atoms. The SMILES string of the molecule is CC(C)COCCNC1CCC(=O)NC1. The summed E-state index contributed by atoms with van der Waals surface area (Å²) in [5, 5.41) is 6.23. The Kier molecular flexibility index (Phi) is 5.65. The summed E-state index contributed by atoms with van der Waals surface area (Å²) in [7, 11) is 0. The van der Waals surface area contributed by atoms with Gasteiger partial charge in [-0.25, -0.2) is 0 Å². The zero-order chi connectivity index (χ0) is 11.1. The molecule has 1 atom stereocenters. The Balaban J connectivity index is 1.94. The Labute approximate surface area is 91.8 Å². The van der Waals surface area contributed by atoms with E-state index in [1.165, 1.54) is 0 Å². The van der Waals surface area contributed by atoms with Gasteiger partial charge in [-0.2, -0.15) is 0 Å². The predicted molar refractivity (Wildman–Crippen MR) is 59.7 cm³/mol. The van der Waals surface area contributed by atoms with Gasteiger partial charge in [0.05, 0.1) is 6.61 Å². The maximum absolute atomic E-state index is 10.9. The van der Waals surface area contributed by atoms with Gasteiger partial charge in [0.15, 0.2) is 0 Å². The van der Waals surface area contributed by atoms with Crippen molar-refractivity contribution in [3.05, 3.63) is 0 Å². The summed E-state index contributed by atoms with van der Waals surface area (Å²) in [5.41, 5.74) is 0. The van der Waals surface area contributed by atoms with Crippen molar-refractivity contribution in [2.24, 2.45) is 5.92 Å². The predicted octanol–water partition coefficient (Wildman–Crippen LogP) is 0.527. The first-order chi connectivity index (χ1) is 7.18. The van der Waals surface area contributed by atoms with E-state index in [4.69, 9.17) is 4.74 Å². The molecule has 1 rings (SSSR count). The monoisotopic (exact) mass is 214 g/mol. The van der Waals surface area contributed by atoms with Crippen LogP contribution >= 0.6 is 0 Å². The van der Waals surface area contributed by atoms with E-state index in [0.717, 1.165) is 32.7 Å². The molecule has 1 fully saturated rings. The first kappa shape index (κ1) is 12.5. The third-order valence-electron chi connectivity index (χ3n) is 2.40. The molecule has 1 saturated heterocycles. The summed E-state index contributed by atoms with van der Waals surface area (Å²) in [4.78, 5) is 10.9. The minimum atomic E-state index is 0.170. The van der Waals surface area contributed by atoms with Crippen LogP contribution in [0.4, 0.5) is 0 Å². The van der Waals surface area contributed by atoms with Gasteiger partial charge in [0, 0.05) is 32.2 Å². The zero-order valence-corrected chi connectivity index (χ0v) is 9.71. The van der Waals surface area contributed by atoms with Crippen LogP contribution in [0, 0.1) is 5.92 Å². The Morgan fingerprint density at radius 3 is 3.00 bits per heavy atom. The molecule has 1 aliphatic heterocycles. The van der Waals surface area contributed by atoms with Gasteiger partial charge in [-0.1, -0.05) is 13.8 Å².